The molecule has 0 aliphatic carbocycles. The van der Waals surface area contributed by atoms with Gasteiger partial charge in [-0.2, -0.15) is 0 Å². The van der Waals surface area contributed by atoms with Crippen LogP contribution in [0.1, 0.15) is 23.4 Å². The Morgan fingerprint density at radius 2 is 2.24 bits per heavy atom. The number of benzene rings is 1. The molecule has 1 N–H and O–H groups in total. The van der Waals surface area contributed by atoms with Crippen LogP contribution in [0.2, 0.25) is 5.02 Å². The third-order valence-corrected chi connectivity index (χ3v) is 4.63. The molecule has 0 fully saturated rings. The number of hydrogen-bond donors (Lipinski definition) is 1. The monoisotopic (exact) mass is 329 g/mol. The minimum Gasteiger partial charge on any atom is -0.305 e. The van der Waals surface area contributed by atoms with Crippen molar-refractivity contribution in [2.24, 2.45) is 0 Å². The van der Waals surface area contributed by atoms with Gasteiger partial charge in [0.1, 0.15) is 0 Å². The largest absolute Gasteiger partial charge is 0.305 e. The van der Waals surface area contributed by atoms with Crippen molar-refractivity contribution in [1.29, 1.82) is 0 Å². The van der Waals surface area contributed by atoms with Gasteiger partial charge >= 0.3 is 0 Å². The summed E-state index contributed by atoms with van der Waals surface area (Å²) >= 11 is 11.2. The van der Waals surface area contributed by atoms with E-state index >= 15 is 0 Å². The molecule has 0 aliphatic rings. The second-order valence-corrected chi connectivity index (χ2v) is 6.19. The summed E-state index contributed by atoms with van der Waals surface area (Å²) in [5, 5.41) is 6.38. The summed E-state index contributed by atoms with van der Waals surface area (Å²) in [6.07, 6.45) is 0. The molecule has 0 amide bonds. The summed E-state index contributed by atoms with van der Waals surface area (Å²) in [5.41, 5.74) is 1.21. The highest BCUT2D eigenvalue weighted by molar-refractivity contribution is 9.10. The van der Waals surface area contributed by atoms with Gasteiger partial charge in [-0.1, -0.05) is 23.7 Å². The lowest BCUT2D eigenvalue weighted by atomic mass is 10.2. The zero-order chi connectivity index (χ0) is 12.3. The molecule has 1 aromatic carbocycles. The van der Waals surface area contributed by atoms with Crippen molar-refractivity contribution < 1.29 is 0 Å². The van der Waals surface area contributed by atoms with Crippen LogP contribution in [0.4, 0.5) is 0 Å². The molecule has 1 unspecified atom stereocenters. The first-order chi connectivity index (χ1) is 8.15. The van der Waals surface area contributed by atoms with Crippen molar-refractivity contribution in [3.8, 4) is 0 Å². The van der Waals surface area contributed by atoms with E-state index in [9.17, 15) is 0 Å². The predicted octanol–water partition coefficient (Wildman–Crippen LogP) is 5.01. The molecule has 1 aromatic heterocycles. The quantitative estimate of drug-likeness (QED) is 0.830. The third kappa shape index (κ3) is 3.81. The van der Waals surface area contributed by atoms with Crippen LogP contribution in [0.3, 0.4) is 0 Å². The lowest BCUT2D eigenvalue weighted by Gasteiger charge is -2.12. The van der Waals surface area contributed by atoms with Gasteiger partial charge in [0.25, 0.3) is 0 Å². The number of rotatable bonds is 4. The molecule has 0 aliphatic heterocycles. The van der Waals surface area contributed by atoms with E-state index in [1.165, 1.54) is 10.4 Å². The maximum atomic E-state index is 5.95. The van der Waals surface area contributed by atoms with Crippen molar-refractivity contribution in [2.45, 2.75) is 19.5 Å². The van der Waals surface area contributed by atoms with E-state index in [4.69, 9.17) is 11.6 Å². The fourth-order valence-electron chi connectivity index (χ4n) is 1.57. The Bertz CT molecular complexity index is 498. The van der Waals surface area contributed by atoms with Gasteiger partial charge in [0.05, 0.1) is 0 Å². The van der Waals surface area contributed by atoms with Crippen molar-refractivity contribution in [1.82, 2.24) is 5.32 Å². The summed E-state index contributed by atoms with van der Waals surface area (Å²) in [6.45, 7) is 3.00. The van der Waals surface area contributed by atoms with E-state index in [1.807, 2.05) is 18.2 Å². The molecule has 0 saturated heterocycles. The second kappa shape index (κ2) is 6.01. The minimum atomic E-state index is 0.352. The Kier molecular flexibility index (Phi) is 4.62. The molecule has 0 saturated carbocycles. The van der Waals surface area contributed by atoms with Crippen LogP contribution < -0.4 is 5.32 Å². The first kappa shape index (κ1) is 13.1. The summed E-state index contributed by atoms with van der Waals surface area (Å²) in [5.74, 6) is 0. The lowest BCUT2D eigenvalue weighted by molar-refractivity contribution is 0.583. The van der Waals surface area contributed by atoms with E-state index < -0.39 is 0 Å². The van der Waals surface area contributed by atoms with Gasteiger partial charge in [0.2, 0.25) is 0 Å². The van der Waals surface area contributed by atoms with Gasteiger partial charge in [0.15, 0.2) is 0 Å². The molecule has 1 nitrogen and oxygen atoms in total. The Hall–Kier alpha value is -0.350. The maximum Gasteiger partial charge on any atom is 0.0409 e. The topological polar surface area (TPSA) is 12.0 Å². The molecule has 0 spiro atoms. The lowest BCUT2D eigenvalue weighted by Crippen LogP contribution is -2.17. The van der Waals surface area contributed by atoms with Crippen molar-refractivity contribution in [2.75, 3.05) is 0 Å². The van der Waals surface area contributed by atoms with E-state index in [-0.39, 0.29) is 0 Å². The fourth-order valence-corrected chi connectivity index (χ4v) is 3.26. The Morgan fingerprint density at radius 3 is 2.88 bits per heavy atom. The smallest absolute Gasteiger partial charge is 0.0409 e. The highest BCUT2D eigenvalue weighted by Gasteiger charge is 2.07. The zero-order valence-electron chi connectivity index (χ0n) is 9.41. The van der Waals surface area contributed by atoms with Crippen LogP contribution >= 0.6 is 38.9 Å². The predicted molar refractivity (Wildman–Crippen MR) is 78.7 cm³/mol. The third-order valence-electron chi connectivity index (χ3n) is 2.52. The molecular weight excluding hydrogens is 318 g/mol. The zero-order valence-corrected chi connectivity index (χ0v) is 12.6. The van der Waals surface area contributed by atoms with Gasteiger partial charge in [-0.05, 0) is 46.6 Å². The summed E-state index contributed by atoms with van der Waals surface area (Å²) in [4.78, 5) is 1.33. The molecule has 17 heavy (non-hydrogen) atoms. The molecule has 4 heteroatoms. The Morgan fingerprint density at radius 1 is 1.41 bits per heavy atom. The highest BCUT2D eigenvalue weighted by Crippen LogP contribution is 2.25. The number of halogens is 2. The summed E-state index contributed by atoms with van der Waals surface area (Å²) in [6, 6.07) is 10.4. The van der Waals surface area contributed by atoms with Crippen LogP contribution in [-0.2, 0) is 6.54 Å². The number of nitrogens with one attached hydrogen (secondary N) is 1. The van der Waals surface area contributed by atoms with Crippen LogP contribution in [0, 0.1) is 0 Å². The standard InChI is InChI=1S/C13H13BrClNS/c1-9(13-6-11(14)8-17-13)16-7-10-3-2-4-12(15)5-10/h2-6,8-9,16H,7H2,1H3. The summed E-state index contributed by atoms with van der Waals surface area (Å²) < 4.78 is 1.15. The molecule has 0 bridgehead atoms. The van der Waals surface area contributed by atoms with Crippen LogP contribution in [0.5, 0.6) is 0 Å². The molecule has 1 heterocycles. The Labute approximate surface area is 119 Å². The first-order valence-corrected chi connectivity index (χ1v) is 7.42. The fraction of sp³-hybridized carbons (Fsp3) is 0.231. The average molecular weight is 331 g/mol. The van der Waals surface area contributed by atoms with Crippen LogP contribution in [-0.4, -0.2) is 0 Å². The van der Waals surface area contributed by atoms with E-state index in [2.05, 4.69) is 45.7 Å². The molecule has 90 valence electrons. The van der Waals surface area contributed by atoms with Gasteiger partial charge in [-0.25, -0.2) is 0 Å². The van der Waals surface area contributed by atoms with Crippen molar-refractivity contribution >= 4 is 38.9 Å². The van der Waals surface area contributed by atoms with Gasteiger partial charge in [-0.15, -0.1) is 11.3 Å². The summed E-state index contributed by atoms with van der Waals surface area (Å²) in [7, 11) is 0. The van der Waals surface area contributed by atoms with E-state index in [0.717, 1.165) is 16.0 Å². The first-order valence-electron chi connectivity index (χ1n) is 5.37. The van der Waals surface area contributed by atoms with E-state index in [0.29, 0.717) is 6.04 Å². The molecule has 2 aromatic rings. The second-order valence-electron chi connectivity index (χ2n) is 3.90. The SMILES string of the molecule is CC(NCc1cccc(Cl)c1)c1cc(Br)cs1. The average Bonchev–Trinajstić information content (AvgIpc) is 2.73. The Balaban J connectivity index is 1.94. The normalized spacial score (nSPS) is 12.6. The van der Waals surface area contributed by atoms with E-state index in [1.54, 1.807) is 11.3 Å². The molecule has 0 radical (unpaired) electrons. The minimum absolute atomic E-state index is 0.352. The maximum absolute atomic E-state index is 5.95. The van der Waals surface area contributed by atoms with Crippen molar-refractivity contribution in [3.63, 3.8) is 0 Å². The highest BCUT2D eigenvalue weighted by atomic mass is 79.9. The van der Waals surface area contributed by atoms with Gasteiger partial charge in [-0.3, -0.25) is 0 Å². The van der Waals surface area contributed by atoms with Gasteiger partial charge in [0, 0.05) is 32.3 Å². The number of hydrogen-bond acceptors (Lipinski definition) is 2. The number of thiophene rings is 1. The van der Waals surface area contributed by atoms with Crippen molar-refractivity contribution in [3.05, 3.63) is 55.6 Å². The molecular formula is C13H13BrClNS. The van der Waals surface area contributed by atoms with Crippen LogP contribution in [0.25, 0.3) is 0 Å². The molecule has 1 atom stereocenters. The van der Waals surface area contributed by atoms with Gasteiger partial charge < -0.3 is 5.32 Å². The molecule has 2 rings (SSSR count). The van der Waals surface area contributed by atoms with Crippen LogP contribution in [0.15, 0.2) is 40.2 Å².